The molecule has 0 aromatic heterocycles. The molecule has 0 radical (unpaired) electrons. The largest absolute Gasteiger partial charge is 0.394 e. The first-order valence-electron chi connectivity index (χ1n) is 28.2. The predicted molar refractivity (Wildman–Crippen MR) is 274 cm³/mol. The number of rotatable bonds is 52. The number of aliphatic hydroxyl groups is 4. The van der Waals surface area contributed by atoms with E-state index < -0.39 is 36.9 Å². The van der Waals surface area contributed by atoms with Gasteiger partial charge >= 0.3 is 0 Å². The number of hydrogen-bond acceptors (Lipinski definition) is 5. The van der Waals surface area contributed by atoms with Crippen molar-refractivity contribution >= 4 is 5.91 Å². The van der Waals surface area contributed by atoms with Crippen molar-refractivity contribution in [3.8, 4) is 0 Å². The summed E-state index contributed by atoms with van der Waals surface area (Å²) in [4.78, 5) is 12.6. The van der Waals surface area contributed by atoms with E-state index in [1.807, 2.05) is 0 Å². The summed E-state index contributed by atoms with van der Waals surface area (Å²) in [6.07, 6.45) is 62.6. The van der Waals surface area contributed by atoms with Crippen LogP contribution in [0.1, 0.15) is 303 Å². The van der Waals surface area contributed by atoms with Crippen LogP contribution in [0.2, 0.25) is 0 Å². The van der Waals surface area contributed by atoms with E-state index in [1.54, 1.807) is 0 Å². The topological polar surface area (TPSA) is 110 Å². The summed E-state index contributed by atoms with van der Waals surface area (Å²) < 4.78 is 0. The van der Waals surface area contributed by atoms with Crippen molar-refractivity contribution in [1.29, 1.82) is 0 Å². The highest BCUT2D eigenvalue weighted by atomic mass is 16.3. The average Bonchev–Trinajstić information content (AvgIpc) is 3.29. The van der Waals surface area contributed by atoms with Gasteiger partial charge in [0.05, 0.1) is 18.8 Å². The molecule has 0 aromatic rings. The highest BCUT2D eigenvalue weighted by molar-refractivity contribution is 5.80. The zero-order valence-corrected chi connectivity index (χ0v) is 42.3. The van der Waals surface area contributed by atoms with Crippen molar-refractivity contribution in [2.24, 2.45) is 0 Å². The van der Waals surface area contributed by atoms with Crippen LogP contribution in [0.4, 0.5) is 0 Å². The van der Waals surface area contributed by atoms with E-state index in [-0.39, 0.29) is 0 Å². The zero-order valence-electron chi connectivity index (χ0n) is 42.3. The van der Waals surface area contributed by atoms with Gasteiger partial charge in [0.2, 0.25) is 5.91 Å². The lowest BCUT2D eigenvalue weighted by molar-refractivity contribution is -0.132. The lowest BCUT2D eigenvalue weighted by atomic mass is 10.00. The van der Waals surface area contributed by atoms with Crippen molar-refractivity contribution < 1.29 is 25.2 Å². The Morgan fingerprint density at radius 1 is 0.381 bits per heavy atom. The second-order valence-corrected chi connectivity index (χ2v) is 19.6. The summed E-state index contributed by atoms with van der Waals surface area (Å²) >= 11 is 0. The molecular weight excluding hydrogens is 779 g/mol. The van der Waals surface area contributed by atoms with Gasteiger partial charge in [0.15, 0.2) is 0 Å². The minimum Gasteiger partial charge on any atom is -0.394 e. The quantitative estimate of drug-likeness (QED) is 0.0309. The van der Waals surface area contributed by atoms with Crippen LogP contribution in [0, 0.1) is 0 Å². The molecule has 374 valence electrons. The Bertz CT molecular complexity index is 955. The highest BCUT2D eigenvalue weighted by Crippen LogP contribution is 2.18. The zero-order chi connectivity index (χ0) is 45.9. The number of carbonyl (C=O) groups excluding carboxylic acids is 1. The first-order valence-corrected chi connectivity index (χ1v) is 28.2. The van der Waals surface area contributed by atoms with Gasteiger partial charge in [-0.2, -0.15) is 0 Å². The number of amides is 1. The molecule has 0 fully saturated rings. The van der Waals surface area contributed by atoms with Crippen molar-refractivity contribution in [3.63, 3.8) is 0 Å². The lowest BCUT2D eigenvalue weighted by Gasteiger charge is -2.27. The predicted octanol–water partition coefficient (Wildman–Crippen LogP) is 16.3. The summed E-state index contributed by atoms with van der Waals surface area (Å²) in [6, 6.07) is -1.01. The maximum Gasteiger partial charge on any atom is 0.249 e. The van der Waals surface area contributed by atoms with Crippen molar-refractivity contribution in [1.82, 2.24) is 5.32 Å². The maximum atomic E-state index is 12.6. The van der Waals surface area contributed by atoms with Gasteiger partial charge in [-0.15, -0.1) is 0 Å². The molecule has 63 heavy (non-hydrogen) atoms. The molecule has 0 heterocycles. The molecule has 4 unspecified atom stereocenters. The van der Waals surface area contributed by atoms with Gasteiger partial charge in [-0.25, -0.2) is 0 Å². The van der Waals surface area contributed by atoms with E-state index in [0.717, 1.165) is 38.5 Å². The SMILES string of the molecule is CCCCCCCCCCCCCCCCCCCCCCCC/C=C/CC/C=C/CCCC(O)C(O)C(CO)NC(=O)C(O)CCCCCCCCCCCCCCCCCC. The van der Waals surface area contributed by atoms with E-state index in [2.05, 4.69) is 43.5 Å². The second kappa shape index (κ2) is 51.8. The molecule has 0 aliphatic carbocycles. The Balaban J connectivity index is 3.64. The molecule has 6 heteroatoms. The van der Waals surface area contributed by atoms with E-state index in [1.165, 1.54) is 231 Å². The smallest absolute Gasteiger partial charge is 0.249 e. The number of aliphatic hydroxyl groups excluding tert-OH is 4. The molecule has 0 saturated heterocycles. The third-order valence-corrected chi connectivity index (χ3v) is 13.4. The molecule has 1 amide bonds. The van der Waals surface area contributed by atoms with E-state index in [9.17, 15) is 25.2 Å². The van der Waals surface area contributed by atoms with Gasteiger partial charge < -0.3 is 25.7 Å². The van der Waals surface area contributed by atoms with Crippen molar-refractivity contribution in [3.05, 3.63) is 24.3 Å². The molecule has 0 rings (SSSR count). The van der Waals surface area contributed by atoms with Crippen molar-refractivity contribution in [2.45, 2.75) is 327 Å². The van der Waals surface area contributed by atoms with Gasteiger partial charge in [-0.1, -0.05) is 276 Å². The van der Waals surface area contributed by atoms with Crippen LogP contribution in [-0.2, 0) is 4.79 Å². The molecule has 0 bridgehead atoms. The normalized spacial score (nSPS) is 13.9. The second-order valence-electron chi connectivity index (χ2n) is 19.6. The number of unbranched alkanes of at least 4 members (excludes halogenated alkanes) is 39. The van der Waals surface area contributed by atoms with E-state index in [4.69, 9.17) is 0 Å². The fraction of sp³-hybridized carbons (Fsp3) is 0.912. The van der Waals surface area contributed by atoms with Crippen molar-refractivity contribution in [2.75, 3.05) is 6.61 Å². The third-order valence-electron chi connectivity index (χ3n) is 13.4. The minimum atomic E-state index is -1.29. The molecule has 0 aliphatic rings. The molecular formula is C57H111NO5. The van der Waals surface area contributed by atoms with Crippen LogP contribution in [0.25, 0.3) is 0 Å². The van der Waals surface area contributed by atoms with Crippen LogP contribution in [0.3, 0.4) is 0 Å². The molecule has 4 atom stereocenters. The molecule has 0 spiro atoms. The molecule has 6 nitrogen and oxygen atoms in total. The molecule has 0 saturated carbocycles. The van der Waals surface area contributed by atoms with Crippen LogP contribution in [0.15, 0.2) is 24.3 Å². The molecule has 5 N–H and O–H groups in total. The Morgan fingerprint density at radius 3 is 1.00 bits per heavy atom. The van der Waals surface area contributed by atoms with Gasteiger partial charge in [0.25, 0.3) is 0 Å². The van der Waals surface area contributed by atoms with Crippen LogP contribution >= 0.6 is 0 Å². The Morgan fingerprint density at radius 2 is 0.667 bits per heavy atom. The Kier molecular flexibility index (Phi) is 50.8. The maximum absolute atomic E-state index is 12.6. The highest BCUT2D eigenvalue weighted by Gasteiger charge is 2.28. The fourth-order valence-electron chi connectivity index (χ4n) is 8.95. The first kappa shape index (κ1) is 61.8. The van der Waals surface area contributed by atoms with Crippen LogP contribution < -0.4 is 5.32 Å². The number of hydrogen-bond donors (Lipinski definition) is 5. The lowest BCUT2D eigenvalue weighted by Crippen LogP contribution is -2.53. The van der Waals surface area contributed by atoms with Crippen LogP contribution in [-0.4, -0.2) is 57.3 Å². The Hall–Kier alpha value is -1.21. The average molecular weight is 891 g/mol. The standard InChI is InChI=1S/C57H111NO5/c1-3-5-7-9-11-13-15-17-19-21-22-23-24-25-26-27-28-29-30-31-32-33-34-35-37-38-40-42-44-46-48-50-54(60)56(62)53(52-59)58-57(63)55(61)51-49-47-45-43-41-39-36-20-18-16-14-12-10-8-6-4-2/h35,37,42,44,53-56,59-62H,3-34,36,38-41,43,45-52H2,1-2H3,(H,58,63)/b37-35+,44-42+. The van der Waals surface area contributed by atoms with E-state index in [0.29, 0.717) is 19.3 Å². The summed E-state index contributed by atoms with van der Waals surface area (Å²) in [5.41, 5.74) is 0. The fourth-order valence-corrected chi connectivity index (χ4v) is 8.95. The van der Waals surface area contributed by atoms with Gasteiger partial charge in [0.1, 0.15) is 12.2 Å². The minimum absolute atomic E-state index is 0.364. The van der Waals surface area contributed by atoms with Gasteiger partial charge in [0, 0.05) is 0 Å². The summed E-state index contributed by atoms with van der Waals surface area (Å²) in [5.74, 6) is -0.593. The number of allylic oxidation sites excluding steroid dienone is 4. The summed E-state index contributed by atoms with van der Waals surface area (Å²) in [5, 5.41) is 43.9. The molecule has 0 aliphatic heterocycles. The number of nitrogens with one attached hydrogen (secondary N) is 1. The first-order chi connectivity index (χ1) is 31.0. The summed E-state index contributed by atoms with van der Waals surface area (Å²) in [6.45, 7) is 4.07. The monoisotopic (exact) mass is 890 g/mol. The van der Waals surface area contributed by atoms with Gasteiger partial charge in [-0.05, 0) is 51.4 Å². The van der Waals surface area contributed by atoms with Gasteiger partial charge in [-0.3, -0.25) is 4.79 Å². The van der Waals surface area contributed by atoms with Crippen LogP contribution in [0.5, 0.6) is 0 Å². The van der Waals surface area contributed by atoms with E-state index >= 15 is 0 Å². The molecule has 0 aromatic carbocycles. The summed E-state index contributed by atoms with van der Waals surface area (Å²) in [7, 11) is 0. The third kappa shape index (κ3) is 45.7. The number of carbonyl (C=O) groups is 1. The Labute approximate surface area is 393 Å².